The van der Waals surface area contributed by atoms with Crippen molar-refractivity contribution in [1.29, 1.82) is 0 Å². The van der Waals surface area contributed by atoms with Gasteiger partial charge in [0.1, 0.15) is 11.8 Å². The second-order valence-corrected chi connectivity index (χ2v) is 5.95. The summed E-state index contributed by atoms with van der Waals surface area (Å²) in [6, 6.07) is 7.38. The van der Waals surface area contributed by atoms with Crippen molar-refractivity contribution in [3.8, 4) is 0 Å². The van der Waals surface area contributed by atoms with Crippen LogP contribution in [-0.2, 0) is 10.2 Å². The molecule has 0 spiro atoms. The van der Waals surface area contributed by atoms with E-state index in [1.807, 2.05) is 24.3 Å². The average molecular weight is 252 g/mol. The van der Waals surface area contributed by atoms with Crippen molar-refractivity contribution in [1.82, 2.24) is 4.31 Å². The number of fused-ring (bicyclic) bond motifs is 1. The highest BCUT2D eigenvalue weighted by Gasteiger charge is 2.36. The Balaban J connectivity index is 2.09. The van der Waals surface area contributed by atoms with Gasteiger partial charge in [0.15, 0.2) is 0 Å². The van der Waals surface area contributed by atoms with E-state index in [4.69, 9.17) is 4.42 Å². The standard InChI is InChI=1S/C11H12N2O3S/c1-12(17(14,15)13-6-7-13)10-8-16-11-5-3-2-4-9(10)11/h2-5,8H,6-7H2,1H3. The molecule has 0 bridgehead atoms. The number of anilines is 1. The van der Waals surface area contributed by atoms with Gasteiger partial charge in [-0.2, -0.15) is 12.7 Å². The average Bonchev–Trinajstić information content (AvgIpc) is 3.09. The lowest BCUT2D eigenvalue weighted by atomic mass is 10.2. The summed E-state index contributed by atoms with van der Waals surface area (Å²) < 4.78 is 32.1. The van der Waals surface area contributed by atoms with Gasteiger partial charge in [0.25, 0.3) is 0 Å². The zero-order valence-electron chi connectivity index (χ0n) is 9.33. The van der Waals surface area contributed by atoms with Crippen molar-refractivity contribution in [3.05, 3.63) is 30.5 Å². The Morgan fingerprint density at radius 1 is 1.29 bits per heavy atom. The monoisotopic (exact) mass is 252 g/mol. The van der Waals surface area contributed by atoms with E-state index < -0.39 is 10.2 Å². The Labute approximate surface area is 99.4 Å². The largest absolute Gasteiger partial charge is 0.462 e. The highest BCUT2D eigenvalue weighted by atomic mass is 32.2. The maximum atomic E-state index is 12.0. The van der Waals surface area contributed by atoms with Gasteiger partial charge in [0.05, 0.1) is 5.69 Å². The molecule has 17 heavy (non-hydrogen) atoms. The number of hydrogen-bond donors (Lipinski definition) is 0. The Bertz CT molecular complexity index is 658. The molecule has 3 rings (SSSR count). The van der Waals surface area contributed by atoms with Gasteiger partial charge in [0.2, 0.25) is 0 Å². The molecule has 6 heteroatoms. The smallest absolute Gasteiger partial charge is 0.304 e. The molecule has 1 fully saturated rings. The first-order valence-corrected chi connectivity index (χ1v) is 6.70. The summed E-state index contributed by atoms with van der Waals surface area (Å²) in [4.78, 5) is 0. The molecule has 2 aromatic rings. The Morgan fingerprint density at radius 3 is 2.71 bits per heavy atom. The summed E-state index contributed by atoms with van der Waals surface area (Å²) >= 11 is 0. The van der Waals surface area contributed by atoms with Gasteiger partial charge < -0.3 is 4.42 Å². The molecular formula is C11H12N2O3S. The molecule has 1 saturated heterocycles. The van der Waals surface area contributed by atoms with Crippen LogP contribution in [0, 0.1) is 0 Å². The molecule has 0 saturated carbocycles. The lowest BCUT2D eigenvalue weighted by Crippen LogP contribution is -2.31. The van der Waals surface area contributed by atoms with E-state index in [1.54, 1.807) is 7.05 Å². The minimum atomic E-state index is -3.37. The summed E-state index contributed by atoms with van der Waals surface area (Å²) in [7, 11) is -1.83. The highest BCUT2D eigenvalue weighted by Crippen LogP contribution is 2.31. The molecule has 1 aromatic heterocycles. The maximum absolute atomic E-state index is 12.0. The molecule has 0 aliphatic carbocycles. The number of rotatable bonds is 3. The highest BCUT2D eigenvalue weighted by molar-refractivity contribution is 7.90. The van der Waals surface area contributed by atoms with Crippen LogP contribution in [0.25, 0.3) is 11.0 Å². The van der Waals surface area contributed by atoms with Gasteiger partial charge in [-0.15, -0.1) is 0 Å². The molecule has 1 aromatic carbocycles. The third-order valence-electron chi connectivity index (χ3n) is 2.88. The SMILES string of the molecule is CN(c1coc2ccccc12)S(=O)(=O)N1CC1. The van der Waals surface area contributed by atoms with E-state index in [1.165, 1.54) is 14.9 Å². The van der Waals surface area contributed by atoms with Gasteiger partial charge in [-0.05, 0) is 12.1 Å². The molecular weight excluding hydrogens is 240 g/mol. The fourth-order valence-corrected chi connectivity index (χ4v) is 3.06. The second-order valence-electron chi connectivity index (χ2n) is 3.99. The molecule has 2 heterocycles. The third-order valence-corrected chi connectivity index (χ3v) is 4.78. The maximum Gasteiger partial charge on any atom is 0.304 e. The van der Waals surface area contributed by atoms with Crippen molar-refractivity contribution in [2.45, 2.75) is 0 Å². The first-order valence-electron chi connectivity index (χ1n) is 5.31. The van der Waals surface area contributed by atoms with Crippen LogP contribution in [-0.4, -0.2) is 32.9 Å². The van der Waals surface area contributed by atoms with Crippen LogP contribution < -0.4 is 4.31 Å². The topological polar surface area (TPSA) is 53.5 Å². The summed E-state index contributed by atoms with van der Waals surface area (Å²) in [5.74, 6) is 0. The van der Waals surface area contributed by atoms with Gasteiger partial charge in [0, 0.05) is 25.5 Å². The van der Waals surface area contributed by atoms with Crippen LogP contribution in [0.15, 0.2) is 34.9 Å². The number of para-hydroxylation sites is 1. The number of benzene rings is 1. The minimum Gasteiger partial charge on any atom is -0.462 e. The minimum absolute atomic E-state index is 0.576. The summed E-state index contributed by atoms with van der Waals surface area (Å²) in [6.07, 6.45) is 1.48. The van der Waals surface area contributed by atoms with Crippen LogP contribution in [0.5, 0.6) is 0 Å². The quantitative estimate of drug-likeness (QED) is 0.776. The fourth-order valence-electron chi connectivity index (χ4n) is 1.78. The first-order chi connectivity index (χ1) is 8.10. The molecule has 0 N–H and O–H groups in total. The van der Waals surface area contributed by atoms with Crippen molar-refractivity contribution in [2.24, 2.45) is 0 Å². The van der Waals surface area contributed by atoms with Gasteiger partial charge in [-0.3, -0.25) is 4.31 Å². The van der Waals surface area contributed by atoms with Crippen molar-refractivity contribution in [2.75, 3.05) is 24.4 Å². The first kappa shape index (κ1) is 10.6. The molecule has 0 unspecified atom stereocenters. The Morgan fingerprint density at radius 2 is 2.00 bits per heavy atom. The molecule has 0 atom stereocenters. The number of nitrogens with zero attached hydrogens (tertiary/aromatic N) is 2. The molecule has 5 nitrogen and oxygen atoms in total. The van der Waals surface area contributed by atoms with E-state index in [0.717, 1.165) is 5.39 Å². The van der Waals surface area contributed by atoms with Crippen molar-refractivity contribution in [3.63, 3.8) is 0 Å². The fraction of sp³-hybridized carbons (Fsp3) is 0.273. The zero-order valence-corrected chi connectivity index (χ0v) is 10.1. The predicted octanol–water partition coefficient (Wildman–Crippen LogP) is 1.43. The van der Waals surface area contributed by atoms with Gasteiger partial charge in [-0.1, -0.05) is 12.1 Å². The summed E-state index contributed by atoms with van der Waals surface area (Å²) in [6.45, 7) is 1.20. The predicted molar refractivity (Wildman–Crippen MR) is 65.1 cm³/mol. The van der Waals surface area contributed by atoms with Crippen LogP contribution in [0.3, 0.4) is 0 Å². The van der Waals surface area contributed by atoms with Crippen LogP contribution in [0.2, 0.25) is 0 Å². The molecule has 1 aliphatic rings. The summed E-state index contributed by atoms with van der Waals surface area (Å²) in [5.41, 5.74) is 1.27. The Hall–Kier alpha value is -1.53. The molecule has 1 aliphatic heterocycles. The van der Waals surface area contributed by atoms with Crippen molar-refractivity contribution >= 4 is 26.9 Å². The molecule has 0 radical (unpaired) electrons. The van der Waals surface area contributed by atoms with Crippen LogP contribution >= 0.6 is 0 Å². The third kappa shape index (κ3) is 1.60. The Kier molecular flexibility index (Phi) is 2.17. The second kappa shape index (κ2) is 3.48. The van der Waals surface area contributed by atoms with E-state index >= 15 is 0 Å². The normalized spacial score (nSPS) is 16.3. The van der Waals surface area contributed by atoms with E-state index in [2.05, 4.69) is 0 Å². The van der Waals surface area contributed by atoms with Crippen LogP contribution in [0.1, 0.15) is 0 Å². The van der Waals surface area contributed by atoms with E-state index in [0.29, 0.717) is 24.4 Å². The van der Waals surface area contributed by atoms with E-state index in [-0.39, 0.29) is 0 Å². The van der Waals surface area contributed by atoms with Gasteiger partial charge in [-0.25, -0.2) is 0 Å². The molecule has 90 valence electrons. The van der Waals surface area contributed by atoms with Crippen LogP contribution in [0.4, 0.5) is 5.69 Å². The number of furan rings is 1. The number of hydrogen-bond acceptors (Lipinski definition) is 3. The lowest BCUT2D eigenvalue weighted by Gasteiger charge is -2.17. The zero-order chi connectivity index (χ0) is 12.0. The van der Waals surface area contributed by atoms with Crippen molar-refractivity contribution < 1.29 is 12.8 Å². The van der Waals surface area contributed by atoms with E-state index in [9.17, 15) is 8.42 Å². The van der Waals surface area contributed by atoms with Gasteiger partial charge >= 0.3 is 10.2 Å². The summed E-state index contributed by atoms with van der Waals surface area (Å²) in [5, 5.41) is 0.806. The molecule has 0 amide bonds. The lowest BCUT2D eigenvalue weighted by molar-refractivity contribution is 0.560.